The van der Waals surface area contributed by atoms with Gasteiger partial charge in [0.15, 0.2) is 11.5 Å². The normalized spacial score (nSPS) is 10.9. The molecule has 1 N–H and O–H groups in total. The van der Waals surface area contributed by atoms with E-state index in [2.05, 4.69) is 20.0 Å². The number of methoxy groups -OCH3 is 2. The van der Waals surface area contributed by atoms with Crippen molar-refractivity contribution in [2.75, 3.05) is 19.5 Å². The maximum atomic E-state index is 12.2. The van der Waals surface area contributed by atoms with Gasteiger partial charge in [0, 0.05) is 17.1 Å². The zero-order chi connectivity index (χ0) is 18.7. The lowest BCUT2D eigenvalue weighted by Crippen LogP contribution is -2.16. The lowest BCUT2D eigenvalue weighted by Gasteiger charge is -2.13. The van der Waals surface area contributed by atoms with Crippen LogP contribution in [0, 0.1) is 0 Å². The zero-order valence-corrected chi connectivity index (χ0v) is 15.0. The number of rotatable bonds is 5. The minimum absolute atomic E-state index is 0. The van der Waals surface area contributed by atoms with Gasteiger partial charge in [-0.15, -0.1) is 25.6 Å². The Hall–Kier alpha value is -2.94. The second-order valence-electron chi connectivity index (χ2n) is 5.14. The molecule has 0 aliphatic heterocycles. The Kier molecular flexibility index (Phi) is 6.17. The van der Waals surface area contributed by atoms with Gasteiger partial charge in [-0.25, -0.2) is 9.97 Å². The van der Waals surface area contributed by atoms with E-state index in [9.17, 15) is 13.2 Å². The molecule has 0 saturated carbocycles. The highest BCUT2D eigenvalue weighted by atomic mass is 35.5. The molecule has 0 aliphatic rings. The summed E-state index contributed by atoms with van der Waals surface area (Å²) in [4.78, 5) is 8.38. The predicted molar refractivity (Wildman–Crippen MR) is 96.3 cm³/mol. The summed E-state index contributed by atoms with van der Waals surface area (Å²) in [5.41, 5.74) is 1.16. The maximum Gasteiger partial charge on any atom is 0.573 e. The van der Waals surface area contributed by atoms with Crippen LogP contribution in [0.4, 0.5) is 24.7 Å². The summed E-state index contributed by atoms with van der Waals surface area (Å²) in [6.45, 7) is 0. The monoisotopic (exact) mass is 401 g/mol. The first-order valence-electron chi connectivity index (χ1n) is 7.39. The number of aromatic nitrogens is 2. The van der Waals surface area contributed by atoms with Crippen LogP contribution in [0.1, 0.15) is 0 Å². The second kappa shape index (κ2) is 8.17. The van der Waals surface area contributed by atoms with E-state index >= 15 is 0 Å². The van der Waals surface area contributed by atoms with E-state index in [1.807, 2.05) is 0 Å². The van der Waals surface area contributed by atoms with Crippen molar-refractivity contribution >= 4 is 34.8 Å². The minimum atomic E-state index is -4.73. The first kappa shape index (κ1) is 20.4. The quantitative estimate of drug-likeness (QED) is 0.668. The predicted octanol–water partition coefficient (Wildman–Crippen LogP) is 4.71. The fourth-order valence-corrected chi connectivity index (χ4v) is 2.36. The van der Waals surface area contributed by atoms with Crippen LogP contribution in [-0.2, 0) is 0 Å². The van der Waals surface area contributed by atoms with Gasteiger partial charge >= 0.3 is 6.36 Å². The Morgan fingerprint density at radius 1 is 0.926 bits per heavy atom. The van der Waals surface area contributed by atoms with Crippen LogP contribution in [0.3, 0.4) is 0 Å². The summed E-state index contributed by atoms with van der Waals surface area (Å²) in [6, 6.07) is 8.76. The molecule has 0 fully saturated rings. The van der Waals surface area contributed by atoms with Gasteiger partial charge in [0.05, 0.1) is 19.7 Å². The van der Waals surface area contributed by atoms with E-state index < -0.39 is 6.36 Å². The van der Waals surface area contributed by atoms with Crippen molar-refractivity contribution in [1.82, 2.24) is 9.97 Å². The number of fused-ring (bicyclic) bond motifs is 1. The number of nitrogens with one attached hydrogen (secondary N) is 1. The van der Waals surface area contributed by atoms with Gasteiger partial charge in [-0.2, -0.15) is 0 Å². The van der Waals surface area contributed by atoms with Crippen LogP contribution in [0.25, 0.3) is 10.9 Å². The molecule has 1 heterocycles. The van der Waals surface area contributed by atoms with Crippen LogP contribution in [0.5, 0.6) is 17.2 Å². The first-order chi connectivity index (χ1) is 12.4. The summed E-state index contributed by atoms with van der Waals surface area (Å²) in [6.07, 6.45) is -3.36. The van der Waals surface area contributed by atoms with Crippen LogP contribution < -0.4 is 19.5 Å². The molecule has 0 bridgehead atoms. The average molecular weight is 402 g/mol. The van der Waals surface area contributed by atoms with Crippen LogP contribution in [-0.4, -0.2) is 30.5 Å². The SMILES string of the molecule is COc1cc2ncnc(Nc3ccc(OC(F)(F)F)cc3)c2cc1OC.Cl. The summed E-state index contributed by atoms with van der Waals surface area (Å²) in [5, 5.41) is 3.71. The van der Waals surface area contributed by atoms with Gasteiger partial charge < -0.3 is 19.5 Å². The standard InChI is InChI=1S/C17H14F3N3O3.ClH/c1-24-14-7-12-13(8-15(14)25-2)21-9-22-16(12)23-10-3-5-11(6-4-10)26-17(18,19)20;/h3-9H,1-2H3,(H,21,22,23);1H. The van der Waals surface area contributed by atoms with Crippen LogP contribution in [0.15, 0.2) is 42.7 Å². The van der Waals surface area contributed by atoms with Crippen molar-refractivity contribution < 1.29 is 27.4 Å². The van der Waals surface area contributed by atoms with Gasteiger partial charge in [0.2, 0.25) is 0 Å². The molecule has 0 aliphatic carbocycles. The number of nitrogens with zero attached hydrogens (tertiary/aromatic N) is 2. The fourth-order valence-electron chi connectivity index (χ4n) is 2.36. The largest absolute Gasteiger partial charge is 0.573 e. The van der Waals surface area contributed by atoms with E-state index in [4.69, 9.17) is 9.47 Å². The van der Waals surface area contributed by atoms with E-state index in [1.54, 1.807) is 12.1 Å². The van der Waals surface area contributed by atoms with E-state index in [0.717, 1.165) is 0 Å². The lowest BCUT2D eigenvalue weighted by atomic mass is 10.2. The van der Waals surface area contributed by atoms with Crippen LogP contribution in [0.2, 0.25) is 0 Å². The van der Waals surface area contributed by atoms with Crippen LogP contribution >= 0.6 is 12.4 Å². The Bertz CT molecular complexity index is 921. The molecule has 3 aromatic rings. The molecule has 0 spiro atoms. The Morgan fingerprint density at radius 3 is 2.15 bits per heavy atom. The number of hydrogen-bond donors (Lipinski definition) is 1. The summed E-state index contributed by atoms with van der Waals surface area (Å²) in [7, 11) is 3.04. The molecule has 1 aromatic heterocycles. The molecule has 0 amide bonds. The number of benzene rings is 2. The number of alkyl halides is 3. The van der Waals surface area contributed by atoms with E-state index in [1.165, 1.54) is 44.8 Å². The Balaban J connectivity index is 0.00000261. The first-order valence-corrected chi connectivity index (χ1v) is 7.39. The Labute approximate surface area is 158 Å². The van der Waals surface area contributed by atoms with Crippen molar-refractivity contribution in [2.45, 2.75) is 6.36 Å². The molecule has 144 valence electrons. The molecule has 2 aromatic carbocycles. The summed E-state index contributed by atoms with van der Waals surface area (Å²) < 4.78 is 51.0. The lowest BCUT2D eigenvalue weighted by molar-refractivity contribution is -0.274. The molecule has 6 nitrogen and oxygen atoms in total. The molecule has 0 unspecified atom stereocenters. The van der Waals surface area contributed by atoms with Crippen molar-refractivity contribution in [2.24, 2.45) is 0 Å². The maximum absolute atomic E-state index is 12.2. The molecule has 0 atom stereocenters. The number of hydrogen-bond acceptors (Lipinski definition) is 6. The minimum Gasteiger partial charge on any atom is -0.493 e. The highest BCUT2D eigenvalue weighted by Crippen LogP contribution is 2.34. The third-order valence-corrected chi connectivity index (χ3v) is 3.49. The van der Waals surface area contributed by atoms with Crippen molar-refractivity contribution in [3.05, 3.63) is 42.7 Å². The van der Waals surface area contributed by atoms with E-state index in [-0.39, 0.29) is 18.2 Å². The van der Waals surface area contributed by atoms with Gasteiger partial charge in [-0.05, 0) is 30.3 Å². The smallest absolute Gasteiger partial charge is 0.493 e. The van der Waals surface area contributed by atoms with Gasteiger partial charge in [-0.1, -0.05) is 0 Å². The van der Waals surface area contributed by atoms with Gasteiger partial charge in [-0.3, -0.25) is 0 Å². The average Bonchev–Trinajstić information content (AvgIpc) is 2.61. The molecule has 10 heteroatoms. The highest BCUT2D eigenvalue weighted by Gasteiger charge is 2.30. The second-order valence-corrected chi connectivity index (χ2v) is 5.14. The Morgan fingerprint density at radius 2 is 1.56 bits per heavy atom. The molecule has 0 radical (unpaired) electrons. The van der Waals surface area contributed by atoms with Gasteiger partial charge in [0.25, 0.3) is 0 Å². The molecular formula is C17H15ClF3N3O3. The third kappa shape index (κ3) is 4.82. The van der Waals surface area contributed by atoms with Crippen molar-refractivity contribution in [3.63, 3.8) is 0 Å². The molecular weight excluding hydrogens is 387 g/mol. The molecule has 27 heavy (non-hydrogen) atoms. The van der Waals surface area contributed by atoms with Gasteiger partial charge in [0.1, 0.15) is 17.9 Å². The number of anilines is 2. The summed E-state index contributed by atoms with van der Waals surface area (Å²) >= 11 is 0. The van der Waals surface area contributed by atoms with Crippen molar-refractivity contribution in [3.8, 4) is 17.2 Å². The summed E-state index contributed by atoms with van der Waals surface area (Å²) in [5.74, 6) is 1.20. The topological polar surface area (TPSA) is 65.5 Å². The molecule has 0 saturated heterocycles. The van der Waals surface area contributed by atoms with E-state index in [0.29, 0.717) is 33.9 Å². The van der Waals surface area contributed by atoms with Crippen molar-refractivity contribution in [1.29, 1.82) is 0 Å². The highest BCUT2D eigenvalue weighted by molar-refractivity contribution is 5.93. The molecule has 3 rings (SSSR count). The fraction of sp³-hybridized carbons (Fsp3) is 0.176. The zero-order valence-electron chi connectivity index (χ0n) is 14.2. The third-order valence-electron chi connectivity index (χ3n) is 3.49. The number of ether oxygens (including phenoxy) is 3. The number of halogens is 4.